The number of hydrogen-bond acceptors (Lipinski definition) is 4. The molecule has 19 heavy (non-hydrogen) atoms. The van der Waals surface area contributed by atoms with Gasteiger partial charge in [-0.1, -0.05) is 24.3 Å². The topological polar surface area (TPSA) is 63.9 Å². The second-order valence-electron chi connectivity index (χ2n) is 5.89. The highest BCUT2D eigenvalue weighted by Crippen LogP contribution is 2.27. The number of fused-ring (bicyclic) bond motifs is 1. The third-order valence-corrected chi connectivity index (χ3v) is 4.33. The Bertz CT molecular complexity index is 414. The van der Waals surface area contributed by atoms with Crippen LogP contribution in [0.15, 0.2) is 24.3 Å². The summed E-state index contributed by atoms with van der Waals surface area (Å²) in [5.41, 5.74) is 2.84. The Morgan fingerprint density at radius 1 is 0.947 bits per heavy atom. The van der Waals surface area contributed by atoms with Crippen molar-refractivity contribution in [1.29, 1.82) is 0 Å². The molecule has 3 N–H and O–H groups in total. The van der Waals surface area contributed by atoms with E-state index in [4.69, 9.17) is 0 Å². The van der Waals surface area contributed by atoms with Crippen molar-refractivity contribution in [3.8, 4) is 0 Å². The summed E-state index contributed by atoms with van der Waals surface area (Å²) in [5.74, 6) is 0.548. The molecule has 4 nitrogen and oxygen atoms in total. The third-order valence-electron chi connectivity index (χ3n) is 4.33. The Labute approximate surface area is 113 Å². The zero-order chi connectivity index (χ0) is 13.4. The molecule has 0 saturated carbocycles. The van der Waals surface area contributed by atoms with Crippen LogP contribution < -0.4 is 0 Å². The third kappa shape index (κ3) is 2.67. The molecule has 0 radical (unpaired) electrons. The van der Waals surface area contributed by atoms with Crippen LogP contribution in [0.1, 0.15) is 11.1 Å². The minimum atomic E-state index is -1.00. The van der Waals surface area contributed by atoms with E-state index in [2.05, 4.69) is 29.2 Å². The molecule has 0 aromatic heterocycles. The number of likely N-dealkylation sites (tertiary alicyclic amines) is 1. The molecule has 1 fully saturated rings. The molecule has 1 heterocycles. The number of nitrogens with zero attached hydrogens (tertiary/aromatic N) is 1. The first kappa shape index (κ1) is 13.1. The minimum Gasteiger partial charge on any atom is -0.389 e. The Kier molecular flexibility index (Phi) is 3.58. The lowest BCUT2D eigenvalue weighted by atomic mass is 9.99. The van der Waals surface area contributed by atoms with Gasteiger partial charge in [-0.25, -0.2) is 0 Å². The van der Waals surface area contributed by atoms with E-state index in [0.717, 1.165) is 19.4 Å². The van der Waals surface area contributed by atoms with Gasteiger partial charge in [0.2, 0.25) is 0 Å². The molecule has 1 saturated heterocycles. The number of piperidine rings is 1. The van der Waals surface area contributed by atoms with E-state index in [0.29, 0.717) is 19.0 Å². The van der Waals surface area contributed by atoms with Crippen molar-refractivity contribution in [2.75, 3.05) is 19.6 Å². The largest absolute Gasteiger partial charge is 0.389 e. The lowest BCUT2D eigenvalue weighted by molar-refractivity contribution is -0.111. The Morgan fingerprint density at radius 2 is 1.47 bits per heavy atom. The van der Waals surface area contributed by atoms with Crippen molar-refractivity contribution >= 4 is 0 Å². The molecule has 1 aliphatic carbocycles. The predicted molar refractivity (Wildman–Crippen MR) is 71.8 cm³/mol. The van der Waals surface area contributed by atoms with E-state index in [1.807, 2.05) is 0 Å². The van der Waals surface area contributed by atoms with Gasteiger partial charge in [0.15, 0.2) is 0 Å². The van der Waals surface area contributed by atoms with Crippen molar-refractivity contribution in [1.82, 2.24) is 4.90 Å². The minimum absolute atomic E-state index is 0.449. The summed E-state index contributed by atoms with van der Waals surface area (Å²) in [6.45, 7) is 1.77. The van der Waals surface area contributed by atoms with Gasteiger partial charge in [0, 0.05) is 19.6 Å². The van der Waals surface area contributed by atoms with Crippen LogP contribution in [0.5, 0.6) is 0 Å². The van der Waals surface area contributed by atoms with Crippen molar-refractivity contribution in [2.45, 2.75) is 31.2 Å². The summed E-state index contributed by atoms with van der Waals surface area (Å²) >= 11 is 0. The van der Waals surface area contributed by atoms with Crippen LogP contribution in [0.2, 0.25) is 0 Å². The highest BCUT2D eigenvalue weighted by molar-refractivity contribution is 5.32. The molecule has 4 heteroatoms. The smallest absolute Gasteiger partial charge is 0.108 e. The van der Waals surface area contributed by atoms with Crippen LogP contribution in [0, 0.1) is 5.92 Å². The van der Waals surface area contributed by atoms with E-state index < -0.39 is 18.3 Å². The van der Waals surface area contributed by atoms with Crippen LogP contribution in [-0.4, -0.2) is 58.2 Å². The monoisotopic (exact) mass is 263 g/mol. The zero-order valence-electron chi connectivity index (χ0n) is 10.9. The fourth-order valence-corrected chi connectivity index (χ4v) is 3.37. The van der Waals surface area contributed by atoms with Gasteiger partial charge in [-0.15, -0.1) is 0 Å². The summed E-state index contributed by atoms with van der Waals surface area (Å²) in [6, 6.07) is 8.51. The van der Waals surface area contributed by atoms with E-state index in [1.165, 1.54) is 11.1 Å². The Hall–Kier alpha value is -0.940. The molecule has 0 bridgehead atoms. The van der Waals surface area contributed by atoms with Gasteiger partial charge in [-0.2, -0.15) is 0 Å². The predicted octanol–water partition coefficient (Wildman–Crippen LogP) is -0.200. The molecule has 0 spiro atoms. The number of aliphatic hydroxyl groups is 3. The quantitative estimate of drug-likeness (QED) is 0.691. The second-order valence-corrected chi connectivity index (χ2v) is 5.89. The van der Waals surface area contributed by atoms with Crippen molar-refractivity contribution in [2.24, 2.45) is 5.92 Å². The van der Waals surface area contributed by atoms with E-state index in [9.17, 15) is 15.3 Å². The molecule has 0 amide bonds. The number of aliphatic hydroxyl groups excluding tert-OH is 3. The van der Waals surface area contributed by atoms with E-state index >= 15 is 0 Å². The van der Waals surface area contributed by atoms with Crippen LogP contribution in [0.4, 0.5) is 0 Å². The fraction of sp³-hybridized carbons (Fsp3) is 0.600. The maximum atomic E-state index is 9.71. The highest BCUT2D eigenvalue weighted by atomic mass is 16.4. The SMILES string of the molecule is O[C@H]1[C@H](O)CN(CC2Cc3ccccc3C2)C[C@@H]1O. The molecular weight excluding hydrogens is 242 g/mol. The van der Waals surface area contributed by atoms with Gasteiger partial charge in [0.05, 0.1) is 12.2 Å². The van der Waals surface area contributed by atoms with Crippen LogP contribution in [0.25, 0.3) is 0 Å². The number of β-amino-alcohol motifs (C(OH)–C–C–N with tert-alkyl or cyclic N) is 2. The van der Waals surface area contributed by atoms with Gasteiger partial charge < -0.3 is 15.3 Å². The number of benzene rings is 1. The van der Waals surface area contributed by atoms with Crippen LogP contribution >= 0.6 is 0 Å². The first-order valence-corrected chi connectivity index (χ1v) is 6.97. The molecule has 1 aliphatic heterocycles. The van der Waals surface area contributed by atoms with E-state index in [1.54, 1.807) is 0 Å². The van der Waals surface area contributed by atoms with Gasteiger partial charge in [-0.3, -0.25) is 4.90 Å². The molecular formula is C15H21NO3. The summed E-state index contributed by atoms with van der Waals surface area (Å²) in [4.78, 5) is 2.07. The first-order valence-electron chi connectivity index (χ1n) is 6.97. The number of hydrogen-bond donors (Lipinski definition) is 3. The Morgan fingerprint density at radius 3 is 2.00 bits per heavy atom. The normalized spacial score (nSPS) is 32.5. The van der Waals surface area contributed by atoms with Gasteiger partial charge in [0.25, 0.3) is 0 Å². The fourth-order valence-electron chi connectivity index (χ4n) is 3.37. The van der Waals surface area contributed by atoms with Crippen molar-refractivity contribution < 1.29 is 15.3 Å². The average molecular weight is 263 g/mol. The Balaban J connectivity index is 1.59. The first-order chi connectivity index (χ1) is 9.13. The lowest BCUT2D eigenvalue weighted by Gasteiger charge is -2.38. The van der Waals surface area contributed by atoms with E-state index in [-0.39, 0.29) is 0 Å². The lowest BCUT2D eigenvalue weighted by Crippen LogP contribution is -2.56. The standard InChI is InChI=1S/C15H21NO3/c17-13-8-16(9-14(18)15(13)19)7-10-5-11-3-1-2-4-12(11)6-10/h1-4,10,13-15,17-19H,5-9H2/t13-,14+,15+. The molecule has 3 atom stereocenters. The maximum absolute atomic E-state index is 9.71. The maximum Gasteiger partial charge on any atom is 0.108 e. The average Bonchev–Trinajstić information content (AvgIpc) is 2.78. The van der Waals surface area contributed by atoms with Crippen LogP contribution in [0.3, 0.4) is 0 Å². The molecule has 104 valence electrons. The van der Waals surface area contributed by atoms with Gasteiger partial charge in [-0.05, 0) is 29.9 Å². The second kappa shape index (κ2) is 5.21. The molecule has 1 aromatic rings. The molecule has 0 unspecified atom stereocenters. The summed E-state index contributed by atoms with van der Waals surface area (Å²) in [6.07, 6.45) is -0.542. The van der Waals surface area contributed by atoms with Gasteiger partial charge >= 0.3 is 0 Å². The van der Waals surface area contributed by atoms with Crippen molar-refractivity contribution in [3.05, 3.63) is 35.4 Å². The molecule has 1 aromatic carbocycles. The van der Waals surface area contributed by atoms with Crippen LogP contribution in [-0.2, 0) is 12.8 Å². The summed E-state index contributed by atoms with van der Waals surface area (Å²) < 4.78 is 0. The zero-order valence-corrected chi connectivity index (χ0v) is 10.9. The molecule has 3 rings (SSSR count). The summed E-state index contributed by atoms with van der Waals surface area (Å²) in [5, 5.41) is 29.0. The number of rotatable bonds is 2. The summed E-state index contributed by atoms with van der Waals surface area (Å²) in [7, 11) is 0. The highest BCUT2D eigenvalue weighted by Gasteiger charge is 2.34. The van der Waals surface area contributed by atoms with Gasteiger partial charge in [0.1, 0.15) is 6.10 Å². The molecule has 2 aliphatic rings. The van der Waals surface area contributed by atoms with Crippen molar-refractivity contribution in [3.63, 3.8) is 0 Å².